The van der Waals surface area contributed by atoms with Crippen LogP contribution in [0.5, 0.6) is 0 Å². The highest BCUT2D eigenvalue weighted by atomic mass is 16.5. The van der Waals surface area contributed by atoms with Crippen molar-refractivity contribution in [3.8, 4) is 0 Å². The van der Waals surface area contributed by atoms with Crippen LogP contribution >= 0.6 is 0 Å². The van der Waals surface area contributed by atoms with Crippen LogP contribution in [0.2, 0.25) is 0 Å². The number of esters is 1. The van der Waals surface area contributed by atoms with Gasteiger partial charge < -0.3 is 9.72 Å². The van der Waals surface area contributed by atoms with Crippen molar-refractivity contribution in [2.75, 3.05) is 6.61 Å². The van der Waals surface area contributed by atoms with Crippen LogP contribution in [-0.2, 0) is 4.74 Å². The van der Waals surface area contributed by atoms with Crippen LogP contribution in [0.25, 0.3) is 11.0 Å². The van der Waals surface area contributed by atoms with E-state index in [-0.39, 0.29) is 0 Å². The minimum absolute atomic E-state index is 0.320. The lowest BCUT2D eigenvalue weighted by molar-refractivity contribution is 0.0521. The van der Waals surface area contributed by atoms with Crippen LogP contribution in [0.4, 0.5) is 0 Å². The zero-order valence-corrected chi connectivity index (χ0v) is 8.57. The lowest BCUT2D eigenvalue weighted by atomic mass is 10.3. The highest BCUT2D eigenvalue weighted by Gasteiger charge is 2.14. The van der Waals surface area contributed by atoms with Crippen molar-refractivity contribution >= 4 is 17.0 Å². The largest absolute Gasteiger partial charge is 0.461 e. The van der Waals surface area contributed by atoms with Gasteiger partial charge in [0.25, 0.3) is 0 Å². The third-order valence-electron chi connectivity index (χ3n) is 2.00. The Labute approximate surface area is 86.5 Å². The zero-order valence-electron chi connectivity index (χ0n) is 8.57. The minimum atomic E-state index is -0.410. The molecule has 0 saturated heterocycles. The summed E-state index contributed by atoms with van der Waals surface area (Å²) in [6.45, 7) is 3.84. The molecule has 15 heavy (non-hydrogen) atoms. The van der Waals surface area contributed by atoms with Gasteiger partial charge in [-0.3, -0.25) is 0 Å². The number of carbonyl (C=O) groups is 1. The highest BCUT2D eigenvalue weighted by Crippen LogP contribution is 2.14. The number of fused-ring (bicyclic) bond motifs is 1. The average Bonchev–Trinajstić information content (AvgIpc) is 2.64. The summed E-state index contributed by atoms with van der Waals surface area (Å²) >= 11 is 0. The molecule has 1 N–H and O–H groups in total. The maximum atomic E-state index is 11.6. The van der Waals surface area contributed by atoms with Gasteiger partial charge in [-0.25, -0.2) is 14.8 Å². The molecule has 2 heterocycles. The molecule has 0 bridgehead atoms. The van der Waals surface area contributed by atoms with E-state index in [1.165, 1.54) is 0 Å². The number of hydrogen-bond donors (Lipinski definition) is 1. The topological polar surface area (TPSA) is 67.9 Å². The predicted octanol–water partition coefficient (Wildman–Crippen LogP) is 1.44. The second-order valence-corrected chi connectivity index (χ2v) is 3.08. The Morgan fingerprint density at radius 2 is 2.33 bits per heavy atom. The number of aryl methyl sites for hydroxylation is 1. The monoisotopic (exact) mass is 205 g/mol. The van der Waals surface area contributed by atoms with Gasteiger partial charge in [0.15, 0.2) is 5.69 Å². The number of nitrogens with one attached hydrogen (secondary N) is 1. The Hall–Kier alpha value is -1.91. The molecule has 0 radical (unpaired) electrons. The fraction of sp³-hybridized carbons (Fsp3) is 0.300. The van der Waals surface area contributed by atoms with E-state index in [2.05, 4.69) is 15.0 Å². The number of ether oxygens (including phenoxy) is 1. The molecular weight excluding hydrogens is 194 g/mol. The van der Waals surface area contributed by atoms with E-state index in [1.54, 1.807) is 26.1 Å². The van der Waals surface area contributed by atoms with Gasteiger partial charge in [0, 0.05) is 6.20 Å². The maximum absolute atomic E-state index is 11.6. The lowest BCUT2D eigenvalue weighted by Crippen LogP contribution is -2.09. The van der Waals surface area contributed by atoms with Crippen LogP contribution < -0.4 is 0 Å². The molecule has 5 heteroatoms. The molecule has 5 nitrogen and oxygen atoms in total. The molecule has 78 valence electrons. The normalized spacial score (nSPS) is 10.5. The van der Waals surface area contributed by atoms with Crippen LogP contribution in [0.15, 0.2) is 12.3 Å². The highest BCUT2D eigenvalue weighted by molar-refractivity contribution is 6.00. The van der Waals surface area contributed by atoms with E-state index in [0.717, 1.165) is 0 Å². The summed E-state index contributed by atoms with van der Waals surface area (Å²) in [6.07, 6.45) is 1.72. The molecule has 0 unspecified atom stereocenters. The fourth-order valence-electron chi connectivity index (χ4n) is 1.41. The Bertz CT molecular complexity index is 504. The number of aromatic nitrogens is 3. The molecular formula is C10H11N3O2. The Balaban J connectivity index is 2.57. The Morgan fingerprint density at radius 3 is 3.07 bits per heavy atom. The fourth-order valence-corrected chi connectivity index (χ4v) is 1.41. The molecule has 0 spiro atoms. The average molecular weight is 205 g/mol. The van der Waals surface area contributed by atoms with Gasteiger partial charge in [-0.2, -0.15) is 0 Å². The summed E-state index contributed by atoms with van der Waals surface area (Å²) in [4.78, 5) is 22.8. The van der Waals surface area contributed by atoms with Crippen LogP contribution in [0, 0.1) is 6.92 Å². The van der Waals surface area contributed by atoms with Crippen LogP contribution in [0.1, 0.15) is 23.2 Å². The third kappa shape index (κ3) is 1.68. The smallest absolute Gasteiger partial charge is 0.357 e. The van der Waals surface area contributed by atoms with E-state index in [4.69, 9.17) is 4.74 Å². The Kier molecular flexibility index (Phi) is 2.37. The number of rotatable bonds is 2. The number of nitrogens with zero attached hydrogens (tertiary/aromatic N) is 2. The summed E-state index contributed by atoms with van der Waals surface area (Å²) < 4.78 is 4.92. The molecule has 0 fully saturated rings. The molecule has 0 aliphatic carbocycles. The number of aromatic amines is 1. The number of carbonyl (C=O) groups excluding carboxylic acids is 1. The van der Waals surface area contributed by atoms with Gasteiger partial charge in [-0.1, -0.05) is 0 Å². The summed E-state index contributed by atoms with van der Waals surface area (Å²) in [6, 6.07) is 1.76. The van der Waals surface area contributed by atoms with Gasteiger partial charge in [0.05, 0.1) is 12.0 Å². The molecule has 0 amide bonds. The van der Waals surface area contributed by atoms with Crippen molar-refractivity contribution in [2.45, 2.75) is 13.8 Å². The maximum Gasteiger partial charge on any atom is 0.357 e. The van der Waals surface area contributed by atoms with Crippen molar-refractivity contribution < 1.29 is 9.53 Å². The van der Waals surface area contributed by atoms with Gasteiger partial charge in [0.1, 0.15) is 11.5 Å². The van der Waals surface area contributed by atoms with Crippen molar-refractivity contribution in [3.63, 3.8) is 0 Å². The predicted molar refractivity (Wildman–Crippen MR) is 54.6 cm³/mol. The first-order valence-electron chi connectivity index (χ1n) is 4.71. The van der Waals surface area contributed by atoms with Crippen molar-refractivity contribution in [2.24, 2.45) is 0 Å². The summed E-state index contributed by atoms with van der Waals surface area (Å²) in [7, 11) is 0. The van der Waals surface area contributed by atoms with E-state index in [1.807, 2.05) is 0 Å². The van der Waals surface area contributed by atoms with Crippen molar-refractivity contribution in [1.29, 1.82) is 0 Å². The standard InChI is InChI=1S/C10H11N3O2/c1-3-15-10(14)8-7-4-5-11-9(7)13-6(2)12-8/h4-5H,3H2,1-2H3,(H,11,12,13). The number of hydrogen-bond acceptors (Lipinski definition) is 4. The van der Waals surface area contributed by atoms with Gasteiger partial charge in [0.2, 0.25) is 0 Å². The molecule has 0 aliphatic heterocycles. The molecule has 0 saturated carbocycles. The van der Waals surface area contributed by atoms with Crippen LogP contribution in [0.3, 0.4) is 0 Å². The van der Waals surface area contributed by atoms with Crippen molar-refractivity contribution in [1.82, 2.24) is 15.0 Å². The SMILES string of the molecule is CCOC(=O)c1nc(C)nc2[nH]ccc12. The first-order valence-corrected chi connectivity index (χ1v) is 4.71. The van der Waals surface area contributed by atoms with Gasteiger partial charge in [-0.05, 0) is 19.9 Å². The second kappa shape index (κ2) is 3.68. The molecule has 0 aliphatic rings. The molecule has 2 aromatic heterocycles. The quantitative estimate of drug-likeness (QED) is 0.753. The summed E-state index contributed by atoms with van der Waals surface area (Å²) in [5, 5.41) is 0.694. The number of H-pyrrole nitrogens is 1. The summed E-state index contributed by atoms with van der Waals surface area (Å²) in [5.41, 5.74) is 0.978. The Morgan fingerprint density at radius 1 is 1.53 bits per heavy atom. The molecule has 0 aromatic carbocycles. The van der Waals surface area contributed by atoms with E-state index >= 15 is 0 Å². The van der Waals surface area contributed by atoms with Crippen molar-refractivity contribution in [3.05, 3.63) is 23.8 Å². The third-order valence-corrected chi connectivity index (χ3v) is 2.00. The molecule has 0 atom stereocenters. The first kappa shape index (κ1) is 9.64. The van der Waals surface area contributed by atoms with E-state index < -0.39 is 5.97 Å². The second-order valence-electron chi connectivity index (χ2n) is 3.08. The van der Waals surface area contributed by atoms with Crippen LogP contribution in [-0.4, -0.2) is 27.5 Å². The first-order chi connectivity index (χ1) is 7.22. The zero-order chi connectivity index (χ0) is 10.8. The van der Waals surface area contributed by atoms with Gasteiger partial charge >= 0.3 is 5.97 Å². The summed E-state index contributed by atoms with van der Waals surface area (Å²) in [5.74, 6) is 0.139. The molecule has 2 aromatic rings. The van der Waals surface area contributed by atoms with E-state index in [0.29, 0.717) is 29.2 Å². The van der Waals surface area contributed by atoms with Gasteiger partial charge in [-0.15, -0.1) is 0 Å². The minimum Gasteiger partial charge on any atom is -0.461 e. The van der Waals surface area contributed by atoms with E-state index in [9.17, 15) is 4.79 Å². The molecule has 2 rings (SSSR count). The lowest BCUT2D eigenvalue weighted by Gasteiger charge is -2.02.